The molecule has 52 valence electrons. The van der Waals surface area contributed by atoms with Crippen LogP contribution < -0.4 is 0 Å². The summed E-state index contributed by atoms with van der Waals surface area (Å²) >= 11 is 0. The lowest BCUT2D eigenvalue weighted by Gasteiger charge is -1.71. The van der Waals surface area contributed by atoms with Crippen molar-refractivity contribution in [2.75, 3.05) is 7.05 Å². The Labute approximate surface area is 57.8 Å². The molecule has 0 bridgehead atoms. The van der Waals surface area contributed by atoms with Crippen molar-refractivity contribution in [3.63, 3.8) is 0 Å². The summed E-state index contributed by atoms with van der Waals surface area (Å²) in [5.41, 5.74) is 1.02. The maximum absolute atomic E-state index is 3.61. The van der Waals surface area contributed by atoms with E-state index in [1.54, 1.807) is 19.3 Å². The first-order chi connectivity index (χ1) is 4.18. The van der Waals surface area contributed by atoms with Crippen LogP contribution in [0.25, 0.3) is 0 Å². The first-order valence-electron chi connectivity index (χ1n) is 2.83. The second-order valence-corrected chi connectivity index (χ2v) is 1.57. The zero-order valence-corrected chi connectivity index (χ0v) is 6.52. The van der Waals surface area contributed by atoms with E-state index in [9.17, 15) is 0 Å². The molecule has 0 spiro atoms. The molecule has 0 aliphatic heterocycles. The van der Waals surface area contributed by atoms with Crippen molar-refractivity contribution in [2.24, 2.45) is 4.99 Å². The first-order valence-corrected chi connectivity index (χ1v) is 2.83. The maximum atomic E-state index is 3.61. The van der Waals surface area contributed by atoms with Gasteiger partial charge in [-0.2, -0.15) is 0 Å². The van der Waals surface area contributed by atoms with Gasteiger partial charge in [0.25, 0.3) is 0 Å². The van der Waals surface area contributed by atoms with Crippen molar-refractivity contribution in [3.8, 4) is 0 Å². The van der Waals surface area contributed by atoms with Crippen molar-refractivity contribution in [1.82, 2.24) is 0 Å². The summed E-state index contributed by atoms with van der Waals surface area (Å²) in [6, 6.07) is 0. The van der Waals surface area contributed by atoms with Gasteiger partial charge in [-0.1, -0.05) is 24.8 Å². The highest BCUT2D eigenvalue weighted by Crippen LogP contribution is 1.81. The van der Waals surface area contributed by atoms with Gasteiger partial charge in [0.15, 0.2) is 0 Å². The third-order valence-electron chi connectivity index (χ3n) is 0.607. The Hall–Kier alpha value is -0.850. The average molecular weight is 125 g/mol. The van der Waals surface area contributed by atoms with Gasteiger partial charge in [-0.25, -0.2) is 0 Å². The lowest BCUT2D eigenvalue weighted by molar-refractivity contribution is 1.46. The number of hydrogen-bond acceptors (Lipinski definition) is 1. The molecule has 0 heterocycles. The van der Waals surface area contributed by atoms with Gasteiger partial charge in [-0.05, 0) is 20.1 Å². The molecule has 0 fully saturated rings. The Kier molecular flexibility index (Phi) is 12.5. The lowest BCUT2D eigenvalue weighted by atomic mass is 10.4. The molecule has 0 aliphatic carbocycles. The number of aliphatic imine (C=N–C) groups is 1. The van der Waals surface area contributed by atoms with E-state index in [0.29, 0.717) is 0 Å². The zero-order valence-electron chi connectivity index (χ0n) is 6.52. The Morgan fingerprint density at radius 2 is 1.78 bits per heavy atom. The zero-order chi connectivity index (χ0) is 7.70. The Morgan fingerprint density at radius 3 is 1.78 bits per heavy atom. The number of nitrogens with zero attached hydrogens (tertiary/aromatic N) is 1. The number of hydrogen-bond donors (Lipinski definition) is 0. The SMILES string of the molecule is C=CC(=C)C.CC=NC. The van der Waals surface area contributed by atoms with Crippen LogP contribution in [0.15, 0.2) is 29.8 Å². The molecule has 0 unspecified atom stereocenters. The quantitative estimate of drug-likeness (QED) is 0.377. The summed E-state index contributed by atoms with van der Waals surface area (Å²) in [6.07, 6.45) is 3.47. The van der Waals surface area contributed by atoms with Gasteiger partial charge in [0.1, 0.15) is 0 Å². The van der Waals surface area contributed by atoms with Crippen LogP contribution in [0, 0.1) is 0 Å². The highest BCUT2D eigenvalue weighted by Gasteiger charge is 1.59. The fraction of sp³-hybridized carbons (Fsp3) is 0.375. The molecule has 0 rings (SSSR count). The summed E-state index contributed by atoms with van der Waals surface area (Å²) in [5.74, 6) is 0. The Morgan fingerprint density at radius 1 is 1.56 bits per heavy atom. The van der Waals surface area contributed by atoms with Gasteiger partial charge >= 0.3 is 0 Å². The van der Waals surface area contributed by atoms with E-state index in [1.807, 2.05) is 13.8 Å². The van der Waals surface area contributed by atoms with Crippen LogP contribution in [0.4, 0.5) is 0 Å². The molecule has 0 amide bonds. The number of rotatable bonds is 1. The van der Waals surface area contributed by atoms with Crippen LogP contribution in [-0.4, -0.2) is 13.3 Å². The van der Waals surface area contributed by atoms with Crippen LogP contribution in [0.3, 0.4) is 0 Å². The predicted octanol–water partition coefficient (Wildman–Crippen LogP) is 2.46. The average Bonchev–Trinajstić information content (AvgIpc) is 1.89. The van der Waals surface area contributed by atoms with Crippen LogP contribution in [0.2, 0.25) is 0 Å². The molecule has 0 saturated heterocycles. The molecule has 0 saturated carbocycles. The number of allylic oxidation sites excluding steroid dienone is 2. The van der Waals surface area contributed by atoms with Gasteiger partial charge < -0.3 is 4.99 Å². The minimum Gasteiger partial charge on any atom is -0.301 e. The second kappa shape index (κ2) is 10.2. The summed E-state index contributed by atoms with van der Waals surface area (Å²) in [5, 5.41) is 0. The monoisotopic (exact) mass is 125 g/mol. The normalized spacial score (nSPS) is 7.89. The molecule has 9 heavy (non-hydrogen) atoms. The predicted molar refractivity (Wildman–Crippen MR) is 45.1 cm³/mol. The summed E-state index contributed by atoms with van der Waals surface area (Å²) < 4.78 is 0. The van der Waals surface area contributed by atoms with E-state index in [0.717, 1.165) is 5.57 Å². The molecular weight excluding hydrogens is 110 g/mol. The van der Waals surface area contributed by atoms with E-state index in [-0.39, 0.29) is 0 Å². The second-order valence-electron chi connectivity index (χ2n) is 1.57. The van der Waals surface area contributed by atoms with Crippen molar-refractivity contribution in [2.45, 2.75) is 13.8 Å². The van der Waals surface area contributed by atoms with E-state index < -0.39 is 0 Å². The van der Waals surface area contributed by atoms with Crippen LogP contribution in [-0.2, 0) is 0 Å². The highest BCUT2D eigenvalue weighted by molar-refractivity contribution is 5.52. The van der Waals surface area contributed by atoms with E-state index in [4.69, 9.17) is 0 Å². The third-order valence-corrected chi connectivity index (χ3v) is 0.607. The highest BCUT2D eigenvalue weighted by atomic mass is 14.6. The Bertz CT molecular complexity index is 97.1. The molecule has 1 heteroatoms. The fourth-order valence-electron chi connectivity index (χ4n) is 0. The third kappa shape index (κ3) is 41.0. The molecule has 1 nitrogen and oxygen atoms in total. The van der Waals surface area contributed by atoms with E-state index in [2.05, 4.69) is 18.2 Å². The molecule has 0 aromatic rings. The van der Waals surface area contributed by atoms with Crippen LogP contribution in [0.1, 0.15) is 13.8 Å². The van der Waals surface area contributed by atoms with E-state index >= 15 is 0 Å². The summed E-state index contributed by atoms with van der Waals surface area (Å²) in [7, 11) is 1.75. The van der Waals surface area contributed by atoms with Crippen molar-refractivity contribution in [1.29, 1.82) is 0 Å². The molecular formula is C8H15N. The van der Waals surface area contributed by atoms with Gasteiger partial charge in [-0.15, -0.1) is 0 Å². The summed E-state index contributed by atoms with van der Waals surface area (Å²) in [6.45, 7) is 10.8. The van der Waals surface area contributed by atoms with E-state index in [1.165, 1.54) is 0 Å². The van der Waals surface area contributed by atoms with Gasteiger partial charge in [0.05, 0.1) is 0 Å². The molecule has 0 N–H and O–H groups in total. The van der Waals surface area contributed by atoms with Crippen molar-refractivity contribution < 1.29 is 0 Å². The minimum atomic E-state index is 1.02. The maximum Gasteiger partial charge on any atom is 0.0273 e. The molecule has 0 radical (unpaired) electrons. The molecule has 0 aromatic heterocycles. The minimum absolute atomic E-state index is 1.02. The van der Waals surface area contributed by atoms with Crippen LogP contribution in [0.5, 0.6) is 0 Å². The summed E-state index contributed by atoms with van der Waals surface area (Å²) in [4.78, 5) is 3.61. The topological polar surface area (TPSA) is 12.4 Å². The van der Waals surface area contributed by atoms with Crippen molar-refractivity contribution >= 4 is 6.21 Å². The van der Waals surface area contributed by atoms with Gasteiger partial charge in [-0.3, -0.25) is 0 Å². The largest absolute Gasteiger partial charge is 0.301 e. The first kappa shape index (κ1) is 11.0. The Balaban J connectivity index is 0. The molecule has 0 aliphatic rings. The van der Waals surface area contributed by atoms with Crippen LogP contribution >= 0.6 is 0 Å². The van der Waals surface area contributed by atoms with Crippen molar-refractivity contribution in [3.05, 3.63) is 24.8 Å². The molecule has 0 atom stereocenters. The lowest BCUT2D eigenvalue weighted by Crippen LogP contribution is -1.50. The smallest absolute Gasteiger partial charge is 0.0273 e. The van der Waals surface area contributed by atoms with Gasteiger partial charge in [0.2, 0.25) is 0 Å². The van der Waals surface area contributed by atoms with Gasteiger partial charge in [0, 0.05) is 7.05 Å². The molecule has 0 aromatic carbocycles. The fourth-order valence-corrected chi connectivity index (χ4v) is 0. The standard InChI is InChI=1S/C5H8.C3H7N/c1-4-5(2)3;1-3-4-2/h4H,1-2H2,3H3;3H,1-2H3.